The Morgan fingerprint density at radius 1 is 1.04 bits per heavy atom. The Kier molecular flexibility index (Phi) is 9.91. The van der Waals surface area contributed by atoms with Crippen LogP contribution in [0.3, 0.4) is 0 Å². The van der Waals surface area contributed by atoms with Gasteiger partial charge in [0.1, 0.15) is 6.07 Å². The number of benzene rings is 1. The van der Waals surface area contributed by atoms with Gasteiger partial charge >= 0.3 is 0 Å². The number of nitriles is 1. The Hall–Kier alpha value is -1.88. The minimum atomic E-state index is -0.718. The van der Waals surface area contributed by atoms with Gasteiger partial charge in [-0.15, -0.1) is 0 Å². The molecule has 1 aromatic rings. The van der Waals surface area contributed by atoms with Crippen LogP contribution in [0.25, 0.3) is 0 Å². The SMILES string of the molecule is CCc1ccc(CCCC[C@H]2CC[C@H](CC/C=C/C=C(\F)C#N)CC2)cc1. The molecular weight excluding hydrogens is 333 g/mol. The summed E-state index contributed by atoms with van der Waals surface area (Å²) in [6, 6.07) is 10.6. The van der Waals surface area contributed by atoms with Crippen LogP contribution in [-0.4, -0.2) is 0 Å². The quantitative estimate of drug-likeness (QED) is 0.239. The molecule has 146 valence electrons. The number of rotatable bonds is 10. The summed E-state index contributed by atoms with van der Waals surface area (Å²) in [5, 5.41) is 8.35. The van der Waals surface area contributed by atoms with Gasteiger partial charge in [-0.2, -0.15) is 9.65 Å². The zero-order valence-electron chi connectivity index (χ0n) is 16.8. The molecule has 1 aliphatic carbocycles. The van der Waals surface area contributed by atoms with Crippen LogP contribution in [-0.2, 0) is 12.8 Å². The lowest BCUT2D eigenvalue weighted by Gasteiger charge is -2.28. The Morgan fingerprint density at radius 2 is 1.67 bits per heavy atom. The first-order valence-corrected chi connectivity index (χ1v) is 10.7. The van der Waals surface area contributed by atoms with Crippen LogP contribution in [0.15, 0.2) is 48.3 Å². The predicted octanol–water partition coefficient (Wildman–Crippen LogP) is 7.48. The molecule has 2 heteroatoms. The van der Waals surface area contributed by atoms with Gasteiger partial charge in [0.25, 0.3) is 0 Å². The van der Waals surface area contributed by atoms with Crippen molar-refractivity contribution < 1.29 is 4.39 Å². The van der Waals surface area contributed by atoms with E-state index >= 15 is 0 Å². The minimum Gasteiger partial charge on any atom is -0.195 e. The fourth-order valence-corrected chi connectivity index (χ4v) is 4.13. The molecule has 0 bridgehead atoms. The largest absolute Gasteiger partial charge is 0.199 e. The second kappa shape index (κ2) is 12.5. The summed E-state index contributed by atoms with van der Waals surface area (Å²) in [7, 11) is 0. The van der Waals surface area contributed by atoms with Crippen molar-refractivity contribution in [1.29, 1.82) is 5.26 Å². The Morgan fingerprint density at radius 3 is 2.30 bits per heavy atom. The van der Waals surface area contributed by atoms with Crippen molar-refractivity contribution in [2.75, 3.05) is 0 Å². The average Bonchev–Trinajstić information content (AvgIpc) is 2.72. The summed E-state index contributed by atoms with van der Waals surface area (Å²) in [6.07, 6.45) is 18.9. The van der Waals surface area contributed by atoms with Crippen molar-refractivity contribution in [3.8, 4) is 6.07 Å². The number of nitrogens with zero attached hydrogens (tertiary/aromatic N) is 1. The molecular formula is C25H34FN. The van der Waals surface area contributed by atoms with Crippen LogP contribution in [0.4, 0.5) is 4.39 Å². The highest BCUT2D eigenvalue weighted by atomic mass is 19.1. The first-order chi connectivity index (χ1) is 13.2. The maximum Gasteiger partial charge on any atom is 0.199 e. The van der Waals surface area contributed by atoms with Gasteiger partial charge in [0.05, 0.1) is 0 Å². The van der Waals surface area contributed by atoms with Crippen molar-refractivity contribution in [2.45, 2.75) is 77.6 Å². The Labute approximate surface area is 165 Å². The molecule has 1 aliphatic rings. The van der Waals surface area contributed by atoms with Crippen LogP contribution >= 0.6 is 0 Å². The van der Waals surface area contributed by atoms with Crippen molar-refractivity contribution in [1.82, 2.24) is 0 Å². The molecule has 1 fully saturated rings. The predicted molar refractivity (Wildman–Crippen MR) is 112 cm³/mol. The third kappa shape index (κ3) is 8.57. The molecule has 2 rings (SSSR count). The second-order valence-corrected chi connectivity index (χ2v) is 7.93. The first kappa shape index (κ1) is 21.4. The highest BCUT2D eigenvalue weighted by molar-refractivity contribution is 5.22. The van der Waals surface area contributed by atoms with E-state index in [4.69, 9.17) is 5.26 Å². The summed E-state index contributed by atoms with van der Waals surface area (Å²) in [4.78, 5) is 0. The van der Waals surface area contributed by atoms with Crippen LogP contribution < -0.4 is 0 Å². The molecule has 0 spiro atoms. The zero-order chi connectivity index (χ0) is 19.3. The van der Waals surface area contributed by atoms with Crippen molar-refractivity contribution in [3.05, 3.63) is 59.4 Å². The lowest BCUT2D eigenvalue weighted by Crippen LogP contribution is -2.14. The van der Waals surface area contributed by atoms with Crippen LogP contribution in [0.2, 0.25) is 0 Å². The van der Waals surface area contributed by atoms with Crippen LogP contribution in [0, 0.1) is 23.2 Å². The molecule has 0 atom stereocenters. The molecule has 1 aromatic carbocycles. The van der Waals surface area contributed by atoms with E-state index in [9.17, 15) is 4.39 Å². The van der Waals surface area contributed by atoms with Crippen LogP contribution in [0.1, 0.15) is 75.8 Å². The molecule has 27 heavy (non-hydrogen) atoms. The van der Waals surface area contributed by atoms with E-state index in [2.05, 4.69) is 31.2 Å². The van der Waals surface area contributed by atoms with E-state index in [0.29, 0.717) is 0 Å². The maximum absolute atomic E-state index is 12.7. The van der Waals surface area contributed by atoms with Gasteiger partial charge in [-0.3, -0.25) is 0 Å². The van der Waals surface area contributed by atoms with Crippen molar-refractivity contribution in [3.63, 3.8) is 0 Å². The standard InChI is InChI=1S/C25H34FN/c1-2-21-12-14-23(15-13-21)9-6-7-10-24-18-16-22(17-19-24)8-4-3-5-11-25(26)20-27/h3,5,11-15,22,24H,2,4,6-10,16-19H2,1H3/b5-3+,25-11-/t22-,24-. The molecule has 0 heterocycles. The van der Waals surface area contributed by atoms with Gasteiger partial charge in [-0.1, -0.05) is 81.9 Å². The average molecular weight is 368 g/mol. The van der Waals surface area contributed by atoms with E-state index in [0.717, 1.165) is 24.7 Å². The number of aryl methyl sites for hydroxylation is 2. The lowest BCUT2D eigenvalue weighted by atomic mass is 9.78. The number of allylic oxidation sites excluding steroid dienone is 4. The first-order valence-electron chi connectivity index (χ1n) is 10.7. The molecule has 0 saturated heterocycles. The number of unbranched alkanes of at least 4 members (excludes halogenated alkanes) is 1. The third-order valence-corrected chi connectivity index (χ3v) is 5.95. The molecule has 0 unspecified atom stereocenters. The topological polar surface area (TPSA) is 23.8 Å². The summed E-state index contributed by atoms with van der Waals surface area (Å²) in [6.45, 7) is 2.20. The minimum absolute atomic E-state index is 0.718. The summed E-state index contributed by atoms with van der Waals surface area (Å²) in [5.41, 5.74) is 2.91. The molecule has 0 aromatic heterocycles. The van der Waals surface area contributed by atoms with E-state index < -0.39 is 5.83 Å². The molecule has 0 radical (unpaired) electrons. The van der Waals surface area contributed by atoms with Gasteiger partial charge in [-0.05, 0) is 61.1 Å². The molecule has 1 saturated carbocycles. The highest BCUT2D eigenvalue weighted by Gasteiger charge is 2.20. The van der Waals surface area contributed by atoms with E-state index in [1.54, 1.807) is 6.08 Å². The fraction of sp³-hybridized carbons (Fsp3) is 0.560. The summed E-state index contributed by atoms with van der Waals surface area (Å²) < 4.78 is 12.7. The normalized spacial score (nSPS) is 20.7. The Balaban J connectivity index is 1.53. The van der Waals surface area contributed by atoms with Gasteiger partial charge in [0, 0.05) is 0 Å². The zero-order valence-corrected chi connectivity index (χ0v) is 16.8. The molecule has 0 N–H and O–H groups in total. The third-order valence-electron chi connectivity index (χ3n) is 5.95. The van der Waals surface area contributed by atoms with E-state index in [1.807, 2.05) is 6.08 Å². The van der Waals surface area contributed by atoms with Crippen molar-refractivity contribution in [2.24, 2.45) is 11.8 Å². The molecule has 0 aliphatic heterocycles. The molecule has 0 amide bonds. The number of hydrogen-bond acceptors (Lipinski definition) is 1. The second-order valence-electron chi connectivity index (χ2n) is 7.93. The van der Waals surface area contributed by atoms with Gasteiger partial charge in [0.2, 0.25) is 0 Å². The van der Waals surface area contributed by atoms with Crippen LogP contribution in [0.5, 0.6) is 0 Å². The number of halogens is 1. The van der Waals surface area contributed by atoms with E-state index in [-0.39, 0.29) is 0 Å². The maximum atomic E-state index is 12.7. The fourth-order valence-electron chi connectivity index (χ4n) is 4.13. The van der Waals surface area contributed by atoms with Gasteiger partial charge in [0.15, 0.2) is 5.83 Å². The Bertz CT molecular complexity index is 627. The van der Waals surface area contributed by atoms with Crippen molar-refractivity contribution >= 4 is 0 Å². The molecule has 1 nitrogen and oxygen atoms in total. The lowest BCUT2D eigenvalue weighted by molar-refractivity contribution is 0.250. The number of hydrogen-bond donors (Lipinski definition) is 0. The van der Waals surface area contributed by atoms with Gasteiger partial charge in [-0.25, -0.2) is 0 Å². The van der Waals surface area contributed by atoms with Gasteiger partial charge < -0.3 is 0 Å². The summed E-state index contributed by atoms with van der Waals surface area (Å²) >= 11 is 0. The summed E-state index contributed by atoms with van der Waals surface area (Å²) in [5.74, 6) is 1.03. The van der Waals surface area contributed by atoms with E-state index in [1.165, 1.54) is 81.1 Å². The smallest absolute Gasteiger partial charge is 0.195 e. The highest BCUT2D eigenvalue weighted by Crippen LogP contribution is 2.34. The monoisotopic (exact) mass is 367 g/mol.